The van der Waals surface area contributed by atoms with Gasteiger partial charge >= 0.3 is 5.97 Å². The summed E-state index contributed by atoms with van der Waals surface area (Å²) in [5.41, 5.74) is 1.65. The number of hydrogen-bond acceptors (Lipinski definition) is 4. The van der Waals surface area contributed by atoms with E-state index in [1.54, 1.807) is 11.1 Å². The Balaban J connectivity index is 1.68. The van der Waals surface area contributed by atoms with Crippen LogP contribution in [0.15, 0.2) is 36.5 Å². The van der Waals surface area contributed by atoms with Crippen molar-refractivity contribution in [3.8, 4) is 11.3 Å². The Hall–Kier alpha value is -2.70. The first-order chi connectivity index (χ1) is 11.5. The number of hydrogen-bond donors (Lipinski definition) is 1. The van der Waals surface area contributed by atoms with Crippen LogP contribution in [0.2, 0.25) is 0 Å². The molecular weight excluding hydrogens is 308 g/mol. The van der Waals surface area contributed by atoms with Gasteiger partial charge in [0.05, 0.1) is 12.1 Å². The van der Waals surface area contributed by atoms with Crippen molar-refractivity contribution in [1.82, 2.24) is 19.9 Å². The topological polar surface area (TPSA) is 88.3 Å². The van der Waals surface area contributed by atoms with Gasteiger partial charge in [-0.3, -0.25) is 9.59 Å². The van der Waals surface area contributed by atoms with Crippen molar-refractivity contribution in [2.24, 2.45) is 5.92 Å². The average Bonchev–Trinajstić information content (AvgIpc) is 3.04. The summed E-state index contributed by atoms with van der Waals surface area (Å²) in [7, 11) is 0. The third-order valence-electron chi connectivity index (χ3n) is 4.46. The zero-order valence-corrected chi connectivity index (χ0v) is 13.5. The highest BCUT2D eigenvalue weighted by Crippen LogP contribution is 2.22. The van der Waals surface area contributed by atoms with Crippen molar-refractivity contribution in [2.75, 3.05) is 6.54 Å². The minimum Gasteiger partial charge on any atom is -0.481 e. The molecule has 1 amide bonds. The van der Waals surface area contributed by atoms with E-state index in [1.807, 2.05) is 37.3 Å². The fourth-order valence-corrected chi connectivity index (χ4v) is 3.00. The Morgan fingerprint density at radius 2 is 2.00 bits per heavy atom. The molecule has 0 spiro atoms. The van der Waals surface area contributed by atoms with Gasteiger partial charge in [-0.2, -0.15) is 0 Å². The van der Waals surface area contributed by atoms with Crippen molar-refractivity contribution in [2.45, 2.75) is 32.4 Å². The van der Waals surface area contributed by atoms with Crippen LogP contribution in [0.4, 0.5) is 0 Å². The van der Waals surface area contributed by atoms with Gasteiger partial charge in [-0.15, -0.1) is 5.10 Å². The molecule has 3 rings (SSSR count). The van der Waals surface area contributed by atoms with Crippen molar-refractivity contribution in [1.29, 1.82) is 0 Å². The molecule has 2 aromatic rings. The largest absolute Gasteiger partial charge is 0.481 e. The molecule has 7 nitrogen and oxygen atoms in total. The highest BCUT2D eigenvalue weighted by molar-refractivity contribution is 5.78. The quantitative estimate of drug-likeness (QED) is 0.922. The fourth-order valence-electron chi connectivity index (χ4n) is 3.00. The zero-order valence-electron chi connectivity index (χ0n) is 13.5. The van der Waals surface area contributed by atoms with E-state index < -0.39 is 11.9 Å². The zero-order chi connectivity index (χ0) is 17.1. The molecule has 0 saturated carbocycles. The van der Waals surface area contributed by atoms with E-state index in [4.69, 9.17) is 0 Å². The van der Waals surface area contributed by atoms with Crippen LogP contribution in [0.25, 0.3) is 11.3 Å². The lowest BCUT2D eigenvalue weighted by molar-refractivity contribution is -0.147. The van der Waals surface area contributed by atoms with E-state index in [0.717, 1.165) is 5.56 Å². The first kappa shape index (κ1) is 16.2. The summed E-state index contributed by atoms with van der Waals surface area (Å²) in [4.78, 5) is 25.4. The van der Waals surface area contributed by atoms with Gasteiger partial charge in [0.15, 0.2) is 0 Å². The Morgan fingerprint density at radius 1 is 1.25 bits per heavy atom. The average molecular weight is 328 g/mol. The molecule has 7 heteroatoms. The molecule has 1 aromatic carbocycles. The number of carboxylic acids is 1. The maximum absolute atomic E-state index is 12.5. The third-order valence-corrected chi connectivity index (χ3v) is 4.46. The second kappa shape index (κ2) is 6.82. The van der Waals surface area contributed by atoms with Gasteiger partial charge in [-0.1, -0.05) is 35.5 Å². The molecule has 2 atom stereocenters. The molecular formula is C17H20N4O3. The van der Waals surface area contributed by atoms with Gasteiger partial charge in [0, 0.05) is 18.2 Å². The van der Waals surface area contributed by atoms with Crippen LogP contribution >= 0.6 is 0 Å². The van der Waals surface area contributed by atoms with E-state index in [0.29, 0.717) is 18.5 Å². The molecule has 1 saturated heterocycles. The highest BCUT2D eigenvalue weighted by Gasteiger charge is 2.32. The van der Waals surface area contributed by atoms with Gasteiger partial charge in [-0.05, 0) is 19.8 Å². The molecule has 126 valence electrons. The lowest BCUT2D eigenvalue weighted by Gasteiger charge is -2.36. The number of likely N-dealkylation sites (tertiary alicyclic amines) is 1. The van der Waals surface area contributed by atoms with Gasteiger partial charge < -0.3 is 10.0 Å². The lowest BCUT2D eigenvalue weighted by atomic mass is 9.93. The van der Waals surface area contributed by atoms with Gasteiger partial charge in [0.25, 0.3) is 0 Å². The SMILES string of the molecule is CC1CCC(C(=O)O)CN1C(=O)Cn1cc(-c2ccccc2)nn1. The summed E-state index contributed by atoms with van der Waals surface area (Å²) >= 11 is 0. The van der Waals surface area contributed by atoms with Gasteiger partial charge in [0.1, 0.15) is 12.2 Å². The number of carboxylic acid groups (broad SMARTS) is 1. The van der Waals surface area contributed by atoms with E-state index in [9.17, 15) is 14.7 Å². The van der Waals surface area contributed by atoms with Crippen LogP contribution in [-0.2, 0) is 16.1 Å². The molecule has 1 aliphatic rings. The molecule has 1 aromatic heterocycles. The predicted molar refractivity (Wildman–Crippen MR) is 87.0 cm³/mol. The van der Waals surface area contributed by atoms with Crippen molar-refractivity contribution < 1.29 is 14.7 Å². The Kier molecular flexibility index (Phi) is 4.59. The summed E-state index contributed by atoms with van der Waals surface area (Å²) in [5.74, 6) is -1.45. The van der Waals surface area contributed by atoms with E-state index in [1.165, 1.54) is 4.68 Å². The van der Waals surface area contributed by atoms with Crippen LogP contribution in [0, 0.1) is 5.92 Å². The summed E-state index contributed by atoms with van der Waals surface area (Å²) in [6.45, 7) is 2.28. The van der Waals surface area contributed by atoms with E-state index in [2.05, 4.69) is 10.3 Å². The predicted octanol–water partition coefficient (Wildman–Crippen LogP) is 1.66. The molecule has 0 bridgehead atoms. The molecule has 1 fully saturated rings. The molecule has 24 heavy (non-hydrogen) atoms. The molecule has 1 aliphatic heterocycles. The summed E-state index contributed by atoms with van der Waals surface area (Å²) < 4.78 is 1.50. The fraction of sp³-hybridized carbons (Fsp3) is 0.412. The Labute approximate surface area is 139 Å². The minimum absolute atomic E-state index is 0.0465. The van der Waals surface area contributed by atoms with Crippen LogP contribution in [0.3, 0.4) is 0 Å². The smallest absolute Gasteiger partial charge is 0.308 e. The third kappa shape index (κ3) is 3.45. The van der Waals surface area contributed by atoms with Crippen molar-refractivity contribution >= 4 is 11.9 Å². The monoisotopic (exact) mass is 328 g/mol. The van der Waals surface area contributed by atoms with Crippen LogP contribution in [-0.4, -0.2) is 49.5 Å². The number of piperidine rings is 1. The Bertz CT molecular complexity index is 728. The van der Waals surface area contributed by atoms with Crippen LogP contribution in [0.1, 0.15) is 19.8 Å². The van der Waals surface area contributed by atoms with Crippen molar-refractivity contribution in [3.05, 3.63) is 36.5 Å². The van der Waals surface area contributed by atoms with Gasteiger partial charge in [0.2, 0.25) is 5.91 Å². The van der Waals surface area contributed by atoms with Crippen LogP contribution in [0.5, 0.6) is 0 Å². The van der Waals surface area contributed by atoms with Gasteiger partial charge in [-0.25, -0.2) is 4.68 Å². The highest BCUT2D eigenvalue weighted by atomic mass is 16.4. The summed E-state index contributed by atoms with van der Waals surface area (Å²) in [6, 6.07) is 9.67. The minimum atomic E-state index is -0.841. The molecule has 2 unspecified atom stereocenters. The number of aliphatic carboxylic acids is 1. The number of carbonyl (C=O) groups is 2. The number of rotatable bonds is 4. The summed E-state index contributed by atoms with van der Waals surface area (Å²) in [6.07, 6.45) is 3.05. The number of aromatic nitrogens is 3. The normalized spacial score (nSPS) is 20.8. The number of amides is 1. The van der Waals surface area contributed by atoms with E-state index >= 15 is 0 Å². The molecule has 2 heterocycles. The molecule has 0 radical (unpaired) electrons. The standard InChI is InChI=1S/C17H20N4O3/c1-12-7-8-14(17(23)24)9-21(12)16(22)11-20-10-15(18-19-20)13-5-3-2-4-6-13/h2-6,10,12,14H,7-9,11H2,1H3,(H,23,24). The molecule has 1 N–H and O–H groups in total. The first-order valence-corrected chi connectivity index (χ1v) is 8.02. The maximum Gasteiger partial charge on any atom is 0.308 e. The second-order valence-electron chi connectivity index (χ2n) is 6.18. The first-order valence-electron chi connectivity index (χ1n) is 8.02. The lowest BCUT2D eigenvalue weighted by Crippen LogP contribution is -2.48. The van der Waals surface area contributed by atoms with E-state index in [-0.39, 0.29) is 25.0 Å². The Morgan fingerprint density at radius 3 is 2.71 bits per heavy atom. The number of nitrogens with zero attached hydrogens (tertiary/aromatic N) is 4. The number of carbonyl (C=O) groups excluding carboxylic acids is 1. The van der Waals surface area contributed by atoms with Crippen molar-refractivity contribution in [3.63, 3.8) is 0 Å². The number of benzene rings is 1. The maximum atomic E-state index is 12.5. The van der Waals surface area contributed by atoms with Crippen LogP contribution < -0.4 is 0 Å². The summed E-state index contributed by atoms with van der Waals surface area (Å²) in [5, 5.41) is 17.3. The molecule has 0 aliphatic carbocycles. The second-order valence-corrected chi connectivity index (χ2v) is 6.18.